The van der Waals surface area contributed by atoms with Gasteiger partial charge in [0.05, 0.1) is 0 Å². The summed E-state index contributed by atoms with van der Waals surface area (Å²) in [6, 6.07) is 0. The summed E-state index contributed by atoms with van der Waals surface area (Å²) in [5, 5.41) is 7.91. The first kappa shape index (κ1) is 18.1. The van der Waals surface area contributed by atoms with E-state index in [9.17, 15) is 14.4 Å². The molecule has 20 heavy (non-hydrogen) atoms. The Bertz CT molecular complexity index is 365. The van der Waals surface area contributed by atoms with E-state index in [2.05, 4.69) is 22.5 Å². The summed E-state index contributed by atoms with van der Waals surface area (Å²) in [5.41, 5.74) is -1.02. The maximum absolute atomic E-state index is 11.9. The number of rotatable bonds is 9. The molecule has 0 bridgehead atoms. The summed E-state index contributed by atoms with van der Waals surface area (Å²) >= 11 is 0. The van der Waals surface area contributed by atoms with Gasteiger partial charge in [0.2, 0.25) is 17.7 Å². The zero-order chi connectivity index (χ0) is 15.6. The molecule has 0 spiro atoms. The first-order valence-corrected chi connectivity index (χ1v) is 6.83. The predicted octanol–water partition coefficient (Wildman–Crippen LogP) is 0.490. The van der Waals surface area contributed by atoms with Gasteiger partial charge in [0.1, 0.15) is 5.54 Å². The number of unbranched alkanes of at least 4 members (excludes halogenated alkanes) is 1. The number of hydrogen-bond acceptors (Lipinski definition) is 3. The lowest BCUT2D eigenvalue weighted by Crippen LogP contribution is -2.55. The Morgan fingerprint density at radius 3 is 2.30 bits per heavy atom. The van der Waals surface area contributed by atoms with Crippen molar-refractivity contribution in [3.05, 3.63) is 12.7 Å². The molecule has 0 fully saturated rings. The summed E-state index contributed by atoms with van der Waals surface area (Å²) in [7, 11) is 0. The van der Waals surface area contributed by atoms with Gasteiger partial charge in [-0.15, -0.1) is 0 Å². The lowest BCUT2D eigenvalue weighted by Gasteiger charge is -2.24. The lowest BCUT2D eigenvalue weighted by atomic mass is 10.0. The smallest absolute Gasteiger partial charge is 0.245 e. The van der Waals surface area contributed by atoms with Crippen LogP contribution in [0.1, 0.15) is 40.0 Å². The lowest BCUT2D eigenvalue weighted by molar-refractivity contribution is -0.130. The van der Waals surface area contributed by atoms with Crippen LogP contribution in [0.15, 0.2) is 12.7 Å². The molecule has 0 atom stereocenters. The fourth-order valence-corrected chi connectivity index (χ4v) is 1.44. The molecule has 0 aromatic heterocycles. The van der Waals surface area contributed by atoms with Crippen molar-refractivity contribution in [3.8, 4) is 0 Å². The second-order valence-corrected chi connectivity index (χ2v) is 5.03. The van der Waals surface area contributed by atoms with Crippen LogP contribution in [0.25, 0.3) is 0 Å². The van der Waals surface area contributed by atoms with E-state index in [0.29, 0.717) is 19.5 Å². The van der Waals surface area contributed by atoms with E-state index < -0.39 is 11.4 Å². The first-order valence-electron chi connectivity index (χ1n) is 6.83. The van der Waals surface area contributed by atoms with Gasteiger partial charge in [0.25, 0.3) is 0 Å². The van der Waals surface area contributed by atoms with E-state index >= 15 is 0 Å². The highest BCUT2D eigenvalue weighted by Gasteiger charge is 2.28. The second-order valence-electron chi connectivity index (χ2n) is 5.03. The fourth-order valence-electron chi connectivity index (χ4n) is 1.44. The zero-order valence-corrected chi connectivity index (χ0v) is 12.5. The average molecular weight is 283 g/mol. The van der Waals surface area contributed by atoms with Crippen LogP contribution >= 0.6 is 0 Å². The van der Waals surface area contributed by atoms with Crippen molar-refractivity contribution >= 4 is 17.7 Å². The van der Waals surface area contributed by atoms with Crippen LogP contribution in [-0.2, 0) is 14.4 Å². The number of hydrogen-bond donors (Lipinski definition) is 3. The van der Waals surface area contributed by atoms with E-state index in [1.165, 1.54) is 0 Å². The topological polar surface area (TPSA) is 87.3 Å². The maximum atomic E-state index is 11.9. The van der Waals surface area contributed by atoms with Crippen molar-refractivity contribution in [2.24, 2.45) is 0 Å². The molecule has 0 heterocycles. The summed E-state index contributed by atoms with van der Waals surface area (Å²) in [6.45, 7) is 9.25. The van der Waals surface area contributed by atoms with Crippen LogP contribution in [-0.4, -0.2) is 36.3 Å². The van der Waals surface area contributed by atoms with Crippen molar-refractivity contribution < 1.29 is 14.4 Å². The summed E-state index contributed by atoms with van der Waals surface area (Å²) in [6.07, 6.45) is 3.45. The normalized spacial score (nSPS) is 10.6. The standard InChI is InChI=1S/C14H25N3O3/c1-5-7-8-12(19)15-9-10-16-13(20)14(3,4)17-11(18)6-2/h6H,2,5,7-10H2,1,3-4H3,(H,15,19)(H,16,20)(H,17,18). The van der Waals surface area contributed by atoms with Crippen LogP contribution in [0.3, 0.4) is 0 Å². The highest BCUT2D eigenvalue weighted by atomic mass is 16.2. The van der Waals surface area contributed by atoms with E-state index in [1.54, 1.807) is 13.8 Å². The first-order chi connectivity index (χ1) is 9.33. The van der Waals surface area contributed by atoms with Gasteiger partial charge in [0, 0.05) is 19.5 Å². The number of amides is 3. The van der Waals surface area contributed by atoms with Crippen molar-refractivity contribution in [1.29, 1.82) is 0 Å². The van der Waals surface area contributed by atoms with Crippen molar-refractivity contribution in [2.75, 3.05) is 13.1 Å². The Balaban J connectivity index is 3.95. The van der Waals surface area contributed by atoms with Crippen molar-refractivity contribution in [3.63, 3.8) is 0 Å². The minimum atomic E-state index is -1.02. The minimum Gasteiger partial charge on any atom is -0.354 e. The van der Waals surface area contributed by atoms with Gasteiger partial charge >= 0.3 is 0 Å². The average Bonchev–Trinajstić information content (AvgIpc) is 2.40. The summed E-state index contributed by atoms with van der Waals surface area (Å²) in [5.74, 6) is -0.728. The molecule has 6 nitrogen and oxygen atoms in total. The predicted molar refractivity (Wildman–Crippen MR) is 78.0 cm³/mol. The third kappa shape index (κ3) is 7.56. The molecule has 3 N–H and O–H groups in total. The van der Waals surface area contributed by atoms with Crippen LogP contribution < -0.4 is 16.0 Å². The van der Waals surface area contributed by atoms with Crippen LogP contribution in [0.5, 0.6) is 0 Å². The minimum absolute atomic E-state index is 0.0136. The highest BCUT2D eigenvalue weighted by Crippen LogP contribution is 2.01. The molecule has 0 saturated carbocycles. The van der Waals surface area contributed by atoms with E-state index in [-0.39, 0.29) is 11.8 Å². The fraction of sp³-hybridized carbons (Fsp3) is 0.643. The highest BCUT2D eigenvalue weighted by molar-refractivity contribution is 5.94. The molecule has 0 aromatic rings. The van der Waals surface area contributed by atoms with Gasteiger partial charge < -0.3 is 16.0 Å². The van der Waals surface area contributed by atoms with Gasteiger partial charge in [-0.25, -0.2) is 0 Å². The SMILES string of the molecule is C=CC(=O)NC(C)(C)C(=O)NCCNC(=O)CCCC. The molecule has 114 valence electrons. The largest absolute Gasteiger partial charge is 0.354 e. The molecule has 0 rings (SSSR count). The molecule has 0 saturated heterocycles. The van der Waals surface area contributed by atoms with Gasteiger partial charge in [-0.3, -0.25) is 14.4 Å². The Labute approximate surface area is 120 Å². The molecule has 0 aliphatic carbocycles. The molecule has 0 aliphatic heterocycles. The molecule has 0 aromatic carbocycles. The third-order valence-electron chi connectivity index (χ3n) is 2.68. The van der Waals surface area contributed by atoms with Gasteiger partial charge in [-0.2, -0.15) is 0 Å². The molecular weight excluding hydrogens is 258 g/mol. The van der Waals surface area contributed by atoms with Gasteiger partial charge in [-0.1, -0.05) is 19.9 Å². The monoisotopic (exact) mass is 283 g/mol. The Morgan fingerprint density at radius 1 is 1.15 bits per heavy atom. The number of carbonyl (C=O) groups is 3. The van der Waals surface area contributed by atoms with Crippen molar-refractivity contribution in [2.45, 2.75) is 45.6 Å². The Kier molecular flexibility index (Phi) is 8.27. The number of nitrogens with one attached hydrogen (secondary N) is 3. The van der Waals surface area contributed by atoms with Crippen LogP contribution in [0.4, 0.5) is 0 Å². The quantitative estimate of drug-likeness (QED) is 0.425. The molecular formula is C14H25N3O3. The summed E-state index contributed by atoms with van der Waals surface area (Å²) in [4.78, 5) is 34.4. The van der Waals surface area contributed by atoms with Crippen LogP contribution in [0.2, 0.25) is 0 Å². The summed E-state index contributed by atoms with van der Waals surface area (Å²) < 4.78 is 0. The zero-order valence-electron chi connectivity index (χ0n) is 12.5. The molecule has 6 heteroatoms. The molecule has 0 unspecified atom stereocenters. The molecule has 0 aliphatic rings. The molecule has 3 amide bonds. The van der Waals surface area contributed by atoms with Gasteiger partial charge in [-0.05, 0) is 26.3 Å². The maximum Gasteiger partial charge on any atom is 0.245 e. The van der Waals surface area contributed by atoms with Crippen LogP contribution in [0, 0.1) is 0 Å². The van der Waals surface area contributed by atoms with Gasteiger partial charge in [0.15, 0.2) is 0 Å². The third-order valence-corrected chi connectivity index (χ3v) is 2.68. The van der Waals surface area contributed by atoms with E-state index in [0.717, 1.165) is 18.9 Å². The number of carbonyl (C=O) groups excluding carboxylic acids is 3. The van der Waals surface area contributed by atoms with E-state index in [1.807, 2.05) is 6.92 Å². The van der Waals surface area contributed by atoms with Crippen molar-refractivity contribution in [1.82, 2.24) is 16.0 Å². The Hall–Kier alpha value is -1.85. The van der Waals surface area contributed by atoms with E-state index in [4.69, 9.17) is 0 Å². The second kappa shape index (κ2) is 9.12. The Morgan fingerprint density at radius 2 is 1.75 bits per heavy atom. The molecule has 0 radical (unpaired) electrons.